The van der Waals surface area contributed by atoms with Crippen LogP contribution in [0.1, 0.15) is 33.1 Å². The van der Waals surface area contributed by atoms with Crippen molar-refractivity contribution in [2.24, 2.45) is 5.92 Å². The normalized spacial score (nSPS) is 15.8. The number of benzene rings is 2. The van der Waals surface area contributed by atoms with Gasteiger partial charge in [0.05, 0.1) is 24.9 Å². The van der Waals surface area contributed by atoms with Crippen molar-refractivity contribution in [2.75, 3.05) is 37.0 Å². The molecule has 162 valence electrons. The molecule has 0 radical (unpaired) electrons. The second-order valence-corrected chi connectivity index (χ2v) is 7.90. The second-order valence-electron chi connectivity index (χ2n) is 7.90. The molecule has 1 heterocycles. The molecule has 1 unspecified atom stereocenters. The molecule has 0 aliphatic carbocycles. The lowest BCUT2D eigenvalue weighted by Crippen LogP contribution is -2.22. The Morgan fingerprint density at radius 3 is 2.83 bits per heavy atom. The van der Waals surface area contributed by atoms with Gasteiger partial charge in [0.1, 0.15) is 18.1 Å². The Hall–Kier alpha value is -2.73. The van der Waals surface area contributed by atoms with Gasteiger partial charge in [-0.05, 0) is 49.4 Å². The number of hydrogen-bond acceptors (Lipinski definition) is 5. The quantitative estimate of drug-likeness (QED) is 0.559. The number of nitrogens with one attached hydrogen (secondary N) is 2. The molecule has 0 bridgehead atoms. The molecule has 1 aliphatic heterocycles. The minimum atomic E-state index is -0.144. The van der Waals surface area contributed by atoms with E-state index in [1.807, 2.05) is 48.5 Å². The molecular weight excluding hydrogens is 380 g/mol. The fourth-order valence-electron chi connectivity index (χ4n) is 3.14. The maximum atomic E-state index is 12.4. The van der Waals surface area contributed by atoms with E-state index in [0.29, 0.717) is 30.6 Å². The number of carbonyl (C=O) groups is 1. The third kappa shape index (κ3) is 7.26. The SMILES string of the molecule is CC(C)CCOc1cccc(NCC(=O)Nc2ccccc2OCC2CCCO2)c1. The highest BCUT2D eigenvalue weighted by Crippen LogP contribution is 2.25. The molecule has 6 nitrogen and oxygen atoms in total. The lowest BCUT2D eigenvalue weighted by Gasteiger charge is -2.15. The summed E-state index contributed by atoms with van der Waals surface area (Å²) in [6.07, 6.45) is 3.22. The summed E-state index contributed by atoms with van der Waals surface area (Å²) in [7, 11) is 0. The van der Waals surface area contributed by atoms with E-state index in [1.165, 1.54) is 0 Å². The Kier molecular flexibility index (Phi) is 8.39. The van der Waals surface area contributed by atoms with Gasteiger partial charge in [0.15, 0.2) is 0 Å². The van der Waals surface area contributed by atoms with Crippen LogP contribution < -0.4 is 20.1 Å². The molecule has 1 fully saturated rings. The lowest BCUT2D eigenvalue weighted by atomic mass is 10.1. The first-order valence-corrected chi connectivity index (χ1v) is 10.7. The van der Waals surface area contributed by atoms with E-state index in [0.717, 1.165) is 37.3 Å². The second kappa shape index (κ2) is 11.5. The van der Waals surface area contributed by atoms with Crippen molar-refractivity contribution in [1.29, 1.82) is 0 Å². The number of ether oxygens (including phenoxy) is 3. The fourth-order valence-corrected chi connectivity index (χ4v) is 3.14. The van der Waals surface area contributed by atoms with Crippen LogP contribution in [-0.4, -0.2) is 38.4 Å². The summed E-state index contributed by atoms with van der Waals surface area (Å²) in [5, 5.41) is 6.07. The predicted molar refractivity (Wildman–Crippen MR) is 119 cm³/mol. The number of amides is 1. The van der Waals surface area contributed by atoms with Gasteiger partial charge in [-0.3, -0.25) is 4.79 Å². The van der Waals surface area contributed by atoms with Gasteiger partial charge in [-0.25, -0.2) is 0 Å². The molecular formula is C24H32N2O4. The molecule has 1 saturated heterocycles. The van der Waals surface area contributed by atoms with Crippen molar-refractivity contribution in [1.82, 2.24) is 0 Å². The van der Waals surface area contributed by atoms with Crippen LogP contribution in [0.15, 0.2) is 48.5 Å². The minimum Gasteiger partial charge on any atom is -0.494 e. The first-order valence-electron chi connectivity index (χ1n) is 10.7. The summed E-state index contributed by atoms with van der Waals surface area (Å²) in [5.41, 5.74) is 1.50. The molecule has 3 rings (SSSR count). The Morgan fingerprint density at radius 2 is 2.03 bits per heavy atom. The van der Waals surface area contributed by atoms with Gasteiger partial charge in [0, 0.05) is 18.4 Å². The number of carbonyl (C=O) groups excluding carboxylic acids is 1. The average molecular weight is 413 g/mol. The molecule has 0 saturated carbocycles. The van der Waals surface area contributed by atoms with Crippen molar-refractivity contribution in [3.8, 4) is 11.5 Å². The van der Waals surface area contributed by atoms with Crippen molar-refractivity contribution < 1.29 is 19.0 Å². The van der Waals surface area contributed by atoms with Crippen LogP contribution in [0.2, 0.25) is 0 Å². The summed E-state index contributed by atoms with van der Waals surface area (Å²) >= 11 is 0. The van der Waals surface area contributed by atoms with Crippen LogP contribution in [0.3, 0.4) is 0 Å². The zero-order valence-corrected chi connectivity index (χ0v) is 17.9. The van der Waals surface area contributed by atoms with E-state index in [9.17, 15) is 4.79 Å². The highest BCUT2D eigenvalue weighted by Gasteiger charge is 2.17. The van der Waals surface area contributed by atoms with E-state index in [4.69, 9.17) is 14.2 Å². The van der Waals surface area contributed by atoms with E-state index >= 15 is 0 Å². The Bertz CT molecular complexity index is 803. The monoisotopic (exact) mass is 412 g/mol. The van der Waals surface area contributed by atoms with Crippen molar-refractivity contribution in [2.45, 2.75) is 39.2 Å². The molecule has 0 spiro atoms. The van der Waals surface area contributed by atoms with Crippen LogP contribution in [-0.2, 0) is 9.53 Å². The topological polar surface area (TPSA) is 68.8 Å². The standard InChI is InChI=1S/C24H32N2O4/c1-18(2)12-14-29-20-8-5-7-19(15-20)25-16-24(27)26-22-10-3-4-11-23(22)30-17-21-9-6-13-28-21/h3-5,7-8,10-11,15,18,21,25H,6,9,12-14,16-17H2,1-2H3,(H,26,27). The molecule has 1 aliphatic rings. The van der Waals surface area contributed by atoms with E-state index in [2.05, 4.69) is 24.5 Å². The van der Waals surface area contributed by atoms with E-state index < -0.39 is 0 Å². The van der Waals surface area contributed by atoms with Gasteiger partial charge in [0.2, 0.25) is 5.91 Å². The molecule has 0 aromatic heterocycles. The van der Waals surface area contributed by atoms with Crippen LogP contribution in [0.4, 0.5) is 11.4 Å². The van der Waals surface area contributed by atoms with Gasteiger partial charge < -0.3 is 24.8 Å². The fraction of sp³-hybridized carbons (Fsp3) is 0.458. The zero-order valence-electron chi connectivity index (χ0n) is 17.9. The highest BCUT2D eigenvalue weighted by molar-refractivity contribution is 5.95. The van der Waals surface area contributed by atoms with Crippen molar-refractivity contribution in [3.05, 3.63) is 48.5 Å². The summed E-state index contributed by atoms with van der Waals surface area (Å²) in [6.45, 7) is 6.47. The smallest absolute Gasteiger partial charge is 0.243 e. The third-order valence-corrected chi connectivity index (χ3v) is 4.86. The molecule has 2 N–H and O–H groups in total. The Morgan fingerprint density at radius 1 is 1.17 bits per heavy atom. The summed E-state index contributed by atoms with van der Waals surface area (Å²) in [4.78, 5) is 12.4. The zero-order chi connectivity index (χ0) is 21.2. The molecule has 2 aromatic carbocycles. The van der Waals surface area contributed by atoms with Crippen LogP contribution in [0.5, 0.6) is 11.5 Å². The molecule has 1 amide bonds. The van der Waals surface area contributed by atoms with Crippen LogP contribution >= 0.6 is 0 Å². The minimum absolute atomic E-state index is 0.130. The maximum absolute atomic E-state index is 12.4. The molecule has 2 aromatic rings. The number of hydrogen-bond donors (Lipinski definition) is 2. The largest absolute Gasteiger partial charge is 0.494 e. The van der Waals surface area contributed by atoms with E-state index in [1.54, 1.807) is 0 Å². The third-order valence-electron chi connectivity index (χ3n) is 4.86. The highest BCUT2D eigenvalue weighted by atomic mass is 16.5. The molecule has 6 heteroatoms. The van der Waals surface area contributed by atoms with Crippen molar-refractivity contribution in [3.63, 3.8) is 0 Å². The average Bonchev–Trinajstić information content (AvgIpc) is 3.25. The number of para-hydroxylation sites is 2. The van der Waals surface area contributed by atoms with Crippen molar-refractivity contribution >= 4 is 17.3 Å². The van der Waals surface area contributed by atoms with Gasteiger partial charge in [-0.1, -0.05) is 32.0 Å². The molecule has 1 atom stereocenters. The van der Waals surface area contributed by atoms with Crippen LogP contribution in [0, 0.1) is 5.92 Å². The van der Waals surface area contributed by atoms with Gasteiger partial charge in [0.25, 0.3) is 0 Å². The lowest BCUT2D eigenvalue weighted by molar-refractivity contribution is -0.114. The first-order chi connectivity index (χ1) is 14.6. The Labute approximate surface area is 178 Å². The van der Waals surface area contributed by atoms with Crippen LogP contribution in [0.25, 0.3) is 0 Å². The maximum Gasteiger partial charge on any atom is 0.243 e. The van der Waals surface area contributed by atoms with Gasteiger partial charge >= 0.3 is 0 Å². The number of rotatable bonds is 11. The molecule has 30 heavy (non-hydrogen) atoms. The summed E-state index contributed by atoms with van der Waals surface area (Å²) < 4.78 is 17.3. The van der Waals surface area contributed by atoms with Gasteiger partial charge in [-0.2, -0.15) is 0 Å². The Balaban J connectivity index is 1.48. The van der Waals surface area contributed by atoms with Gasteiger partial charge in [-0.15, -0.1) is 0 Å². The summed E-state index contributed by atoms with van der Waals surface area (Å²) in [5.74, 6) is 1.91. The summed E-state index contributed by atoms with van der Waals surface area (Å²) in [6, 6.07) is 15.1. The van der Waals surface area contributed by atoms with E-state index in [-0.39, 0.29) is 18.6 Å². The first kappa shape index (κ1) is 22.0. The number of anilines is 2. The predicted octanol–water partition coefficient (Wildman–Crippen LogP) is 4.72.